The van der Waals surface area contributed by atoms with E-state index in [-0.39, 0.29) is 5.56 Å². The van der Waals surface area contributed by atoms with E-state index in [4.69, 9.17) is 9.47 Å². The number of rotatable bonds is 12. The van der Waals surface area contributed by atoms with Gasteiger partial charge in [-0.1, -0.05) is 12.1 Å². The third kappa shape index (κ3) is 6.64. The van der Waals surface area contributed by atoms with E-state index in [1.165, 1.54) is 0 Å². The van der Waals surface area contributed by atoms with Gasteiger partial charge < -0.3 is 19.8 Å². The molecule has 0 atom stereocenters. The summed E-state index contributed by atoms with van der Waals surface area (Å²) >= 11 is 1.78. The Labute approximate surface area is 179 Å². The maximum Gasteiger partial charge on any atom is 0.255 e. The highest BCUT2D eigenvalue weighted by Gasteiger charge is 2.04. The molecule has 3 aromatic rings. The quantitative estimate of drug-likeness (QED) is 0.380. The van der Waals surface area contributed by atoms with Crippen LogP contribution >= 0.6 is 11.8 Å². The van der Waals surface area contributed by atoms with Crippen LogP contribution in [0.1, 0.15) is 22.5 Å². The van der Waals surface area contributed by atoms with Crippen molar-refractivity contribution in [1.82, 2.24) is 19.9 Å². The topological polar surface area (TPSA) is 105 Å². The molecule has 0 radical (unpaired) electrons. The smallest absolute Gasteiger partial charge is 0.255 e. The Kier molecular flexibility index (Phi) is 8.34. The van der Waals surface area contributed by atoms with Crippen molar-refractivity contribution in [3.8, 4) is 5.75 Å². The summed E-state index contributed by atoms with van der Waals surface area (Å²) in [6, 6.07) is 7.72. The van der Waals surface area contributed by atoms with Crippen LogP contribution in [-0.2, 0) is 23.5 Å². The summed E-state index contributed by atoms with van der Waals surface area (Å²) in [5.74, 6) is 3.05. The molecule has 0 aliphatic carbocycles. The number of aromatic nitrogens is 4. The number of thioether (sulfide) groups is 1. The van der Waals surface area contributed by atoms with Gasteiger partial charge in [-0.05, 0) is 24.6 Å². The minimum atomic E-state index is -0.139. The number of aromatic amines is 2. The zero-order valence-electron chi connectivity index (χ0n) is 17.2. The number of imidazole rings is 1. The fraction of sp³-hybridized carbons (Fsp3) is 0.381. The molecule has 0 saturated heterocycles. The number of H-pyrrole nitrogens is 2. The lowest BCUT2D eigenvalue weighted by molar-refractivity contribution is 0.123. The second kappa shape index (κ2) is 11.4. The van der Waals surface area contributed by atoms with Crippen molar-refractivity contribution < 1.29 is 9.47 Å². The van der Waals surface area contributed by atoms with Gasteiger partial charge in [-0.3, -0.25) is 9.78 Å². The zero-order valence-corrected chi connectivity index (χ0v) is 18.1. The van der Waals surface area contributed by atoms with E-state index in [2.05, 4.69) is 25.3 Å². The van der Waals surface area contributed by atoms with E-state index >= 15 is 0 Å². The molecule has 160 valence electrons. The van der Waals surface area contributed by atoms with Crippen molar-refractivity contribution in [2.75, 3.05) is 31.3 Å². The fourth-order valence-electron chi connectivity index (χ4n) is 2.73. The number of nitrogens with zero attached hydrogens (tertiary/aromatic N) is 2. The molecule has 0 amide bonds. The molecular weight excluding hydrogens is 402 g/mol. The van der Waals surface area contributed by atoms with E-state index in [1.54, 1.807) is 31.4 Å². The summed E-state index contributed by atoms with van der Waals surface area (Å²) in [4.78, 5) is 26.7. The molecule has 0 saturated carbocycles. The molecule has 0 unspecified atom stereocenters. The van der Waals surface area contributed by atoms with Crippen LogP contribution in [0.15, 0.2) is 41.6 Å². The first-order valence-electron chi connectivity index (χ1n) is 9.75. The van der Waals surface area contributed by atoms with Crippen molar-refractivity contribution >= 4 is 17.7 Å². The molecule has 30 heavy (non-hydrogen) atoms. The van der Waals surface area contributed by atoms with Crippen LogP contribution in [0.5, 0.6) is 5.75 Å². The van der Waals surface area contributed by atoms with E-state index in [1.807, 2.05) is 31.2 Å². The van der Waals surface area contributed by atoms with Gasteiger partial charge >= 0.3 is 0 Å². The van der Waals surface area contributed by atoms with Gasteiger partial charge in [0, 0.05) is 41.9 Å². The molecule has 2 heterocycles. The molecule has 2 aromatic heterocycles. The maximum atomic E-state index is 12.2. The Balaban J connectivity index is 1.34. The van der Waals surface area contributed by atoms with Crippen LogP contribution in [0.2, 0.25) is 0 Å². The highest BCUT2D eigenvalue weighted by atomic mass is 32.2. The van der Waals surface area contributed by atoms with E-state index in [0.717, 1.165) is 34.2 Å². The minimum absolute atomic E-state index is 0.139. The van der Waals surface area contributed by atoms with E-state index in [9.17, 15) is 4.79 Å². The first kappa shape index (κ1) is 21.9. The lowest BCUT2D eigenvalue weighted by atomic mass is 10.2. The summed E-state index contributed by atoms with van der Waals surface area (Å²) in [7, 11) is 1.64. The van der Waals surface area contributed by atoms with Gasteiger partial charge in [0.15, 0.2) is 0 Å². The third-order valence-electron chi connectivity index (χ3n) is 4.53. The van der Waals surface area contributed by atoms with Crippen molar-refractivity contribution in [2.24, 2.45) is 0 Å². The number of hydrogen-bond acceptors (Lipinski definition) is 7. The number of aryl methyl sites for hydroxylation is 1. The Bertz CT molecular complexity index is 971. The van der Waals surface area contributed by atoms with Crippen molar-refractivity contribution in [3.63, 3.8) is 0 Å². The Morgan fingerprint density at radius 1 is 1.20 bits per heavy atom. The average molecular weight is 430 g/mol. The largest absolute Gasteiger partial charge is 0.497 e. The summed E-state index contributed by atoms with van der Waals surface area (Å²) in [5.41, 5.74) is 3.71. The molecule has 3 N–H and O–H groups in total. The number of ether oxygens (including phenoxy) is 2. The third-order valence-corrected chi connectivity index (χ3v) is 5.50. The normalized spacial score (nSPS) is 10.9. The second-order valence-corrected chi connectivity index (χ2v) is 7.80. The van der Waals surface area contributed by atoms with E-state index in [0.29, 0.717) is 37.7 Å². The number of methoxy groups -OCH3 is 1. The first-order chi connectivity index (χ1) is 14.7. The number of hydrogen-bond donors (Lipinski definition) is 3. The molecule has 0 bridgehead atoms. The van der Waals surface area contributed by atoms with Crippen LogP contribution in [-0.4, -0.2) is 46.0 Å². The van der Waals surface area contributed by atoms with Gasteiger partial charge in [0.25, 0.3) is 5.56 Å². The minimum Gasteiger partial charge on any atom is -0.497 e. The predicted octanol–water partition coefficient (Wildman–Crippen LogP) is 2.91. The number of benzene rings is 1. The molecule has 9 heteroatoms. The van der Waals surface area contributed by atoms with E-state index < -0.39 is 0 Å². The summed E-state index contributed by atoms with van der Waals surface area (Å²) in [6.07, 6.45) is 3.83. The molecular formula is C21H27N5O3S. The Hall–Kier alpha value is -2.78. The first-order valence-corrected chi connectivity index (χ1v) is 10.9. The Morgan fingerprint density at radius 2 is 2.03 bits per heavy atom. The summed E-state index contributed by atoms with van der Waals surface area (Å²) in [5, 5.41) is 3.15. The van der Waals surface area contributed by atoms with Gasteiger partial charge in [-0.15, -0.1) is 0 Å². The summed E-state index contributed by atoms with van der Waals surface area (Å²) in [6.45, 7) is 3.67. The standard InChI is InChI=1S/C21H27N5O3S/c1-15-19(25-14-24-15)13-30-10-8-22-21-23-11-17(20(27)26-21)7-9-29-12-16-3-5-18(28-2)6-4-16/h3-6,11,14H,7-10,12-13H2,1-2H3,(H,24,25)(H2,22,23,26,27). The van der Waals surface area contributed by atoms with Crippen LogP contribution < -0.4 is 15.6 Å². The van der Waals surface area contributed by atoms with Crippen LogP contribution in [0.4, 0.5) is 5.95 Å². The van der Waals surface area contributed by atoms with Gasteiger partial charge in [-0.2, -0.15) is 11.8 Å². The molecule has 1 aromatic carbocycles. The highest BCUT2D eigenvalue weighted by Crippen LogP contribution is 2.13. The number of anilines is 1. The van der Waals surface area contributed by atoms with Gasteiger partial charge in [0.2, 0.25) is 5.95 Å². The van der Waals surface area contributed by atoms with Crippen LogP contribution in [0.3, 0.4) is 0 Å². The number of nitrogens with one attached hydrogen (secondary N) is 3. The average Bonchev–Trinajstić information content (AvgIpc) is 3.17. The lowest BCUT2D eigenvalue weighted by Crippen LogP contribution is -2.19. The highest BCUT2D eigenvalue weighted by molar-refractivity contribution is 7.98. The molecule has 3 rings (SSSR count). The van der Waals surface area contributed by atoms with Crippen LogP contribution in [0.25, 0.3) is 0 Å². The SMILES string of the molecule is COc1ccc(COCCc2cnc(NCCSCc3nc[nH]c3C)[nH]c2=O)cc1. The lowest BCUT2D eigenvalue weighted by Gasteiger charge is -2.07. The second-order valence-electron chi connectivity index (χ2n) is 6.69. The molecule has 0 aliphatic heterocycles. The Morgan fingerprint density at radius 3 is 2.73 bits per heavy atom. The van der Waals surface area contributed by atoms with Crippen molar-refractivity contribution in [3.05, 3.63) is 69.7 Å². The van der Waals surface area contributed by atoms with Crippen LogP contribution in [0, 0.1) is 6.92 Å². The van der Waals surface area contributed by atoms with Crippen molar-refractivity contribution in [1.29, 1.82) is 0 Å². The fourth-order valence-corrected chi connectivity index (χ4v) is 3.60. The monoisotopic (exact) mass is 429 g/mol. The van der Waals surface area contributed by atoms with Crippen molar-refractivity contribution in [2.45, 2.75) is 25.7 Å². The van der Waals surface area contributed by atoms with Gasteiger partial charge in [0.05, 0.1) is 32.3 Å². The zero-order chi connectivity index (χ0) is 21.2. The molecule has 0 aliphatic rings. The van der Waals surface area contributed by atoms with Gasteiger partial charge in [0.1, 0.15) is 5.75 Å². The van der Waals surface area contributed by atoms with Gasteiger partial charge in [-0.25, -0.2) is 9.97 Å². The molecule has 0 fully saturated rings. The molecule has 8 nitrogen and oxygen atoms in total. The summed E-state index contributed by atoms with van der Waals surface area (Å²) < 4.78 is 10.8. The molecule has 0 spiro atoms. The predicted molar refractivity (Wildman–Crippen MR) is 119 cm³/mol. The maximum absolute atomic E-state index is 12.2.